The molecule has 2 aromatic rings. The Morgan fingerprint density at radius 2 is 2.17 bits per heavy atom. The van der Waals surface area contributed by atoms with Crippen LogP contribution in [0.15, 0.2) is 42.7 Å². The molecule has 0 radical (unpaired) electrons. The van der Waals surface area contributed by atoms with Crippen LogP contribution in [-0.2, 0) is 11.3 Å². The lowest BCUT2D eigenvalue weighted by Gasteiger charge is -2.18. The minimum Gasteiger partial charge on any atom is -0.371 e. The molecule has 1 aromatic carbocycles. The zero-order chi connectivity index (χ0) is 16.1. The number of aromatic nitrogens is 2. The third-order valence-corrected chi connectivity index (χ3v) is 4.50. The second-order valence-electron chi connectivity index (χ2n) is 6.16. The average molecular weight is 312 g/mol. The van der Waals surface area contributed by atoms with E-state index >= 15 is 0 Å². The first-order valence-electron chi connectivity index (χ1n) is 8.27. The molecule has 0 spiro atoms. The summed E-state index contributed by atoms with van der Waals surface area (Å²) in [5.74, 6) is 1.61. The number of hydrogen-bond donors (Lipinski definition) is 1. The number of nitrogens with zero attached hydrogens (tertiary/aromatic N) is 3. The molecule has 1 N–H and O–H groups in total. The van der Waals surface area contributed by atoms with Gasteiger partial charge in [0.05, 0.1) is 0 Å². The summed E-state index contributed by atoms with van der Waals surface area (Å²) in [5.41, 5.74) is 1.27. The van der Waals surface area contributed by atoms with Gasteiger partial charge in [0.1, 0.15) is 5.82 Å². The van der Waals surface area contributed by atoms with Crippen LogP contribution in [0.3, 0.4) is 0 Å². The number of anilines is 1. The van der Waals surface area contributed by atoms with E-state index in [2.05, 4.69) is 39.5 Å². The molecule has 1 atom stereocenters. The highest BCUT2D eigenvalue weighted by atomic mass is 16.1. The molecule has 1 aromatic heterocycles. The third-order valence-electron chi connectivity index (χ3n) is 4.50. The molecule has 1 fully saturated rings. The fourth-order valence-electron chi connectivity index (χ4n) is 3.08. The summed E-state index contributed by atoms with van der Waals surface area (Å²) in [6.45, 7) is 5.50. The Kier molecular flexibility index (Phi) is 4.95. The monoisotopic (exact) mass is 312 g/mol. The quantitative estimate of drug-likeness (QED) is 0.890. The van der Waals surface area contributed by atoms with Gasteiger partial charge in [-0.15, -0.1) is 0 Å². The molecule has 1 amide bonds. The predicted octanol–water partition coefficient (Wildman–Crippen LogP) is 2.22. The molecule has 23 heavy (non-hydrogen) atoms. The van der Waals surface area contributed by atoms with Crippen LogP contribution in [0.25, 0.3) is 0 Å². The van der Waals surface area contributed by atoms with E-state index in [1.807, 2.05) is 23.8 Å². The zero-order valence-electron chi connectivity index (χ0n) is 13.6. The maximum absolute atomic E-state index is 12.0. The van der Waals surface area contributed by atoms with Crippen molar-refractivity contribution in [3.05, 3.63) is 48.5 Å². The molecule has 2 heterocycles. The van der Waals surface area contributed by atoms with Crippen molar-refractivity contribution >= 4 is 11.6 Å². The van der Waals surface area contributed by atoms with E-state index in [9.17, 15) is 4.79 Å². The van der Waals surface area contributed by atoms with Crippen LogP contribution in [0.1, 0.15) is 18.7 Å². The van der Waals surface area contributed by atoms with Gasteiger partial charge in [-0.25, -0.2) is 4.98 Å². The molecule has 5 nitrogen and oxygen atoms in total. The number of nitrogens with one attached hydrogen (secondary N) is 1. The van der Waals surface area contributed by atoms with Gasteiger partial charge in [0.25, 0.3) is 0 Å². The van der Waals surface area contributed by atoms with E-state index in [4.69, 9.17) is 0 Å². The molecule has 0 saturated carbocycles. The van der Waals surface area contributed by atoms with E-state index in [0.717, 1.165) is 31.9 Å². The van der Waals surface area contributed by atoms with Gasteiger partial charge in [0.2, 0.25) is 5.91 Å². The molecular formula is C18H24N4O. The first-order chi connectivity index (χ1) is 11.2. The lowest BCUT2D eigenvalue weighted by Crippen LogP contribution is -2.31. The Hall–Kier alpha value is -2.30. The maximum Gasteiger partial charge on any atom is 0.221 e. The van der Waals surface area contributed by atoms with Crippen molar-refractivity contribution in [2.24, 2.45) is 5.92 Å². The standard InChI is InChI=1S/C18H24N4O/c1-15-19-9-12-21(15)11-8-18(23)20-13-16-7-10-22(14-16)17-5-3-2-4-6-17/h2-6,9,12,16H,7-8,10-11,13-14H2,1H3,(H,20,23)/t16-/m0/s1. The number of imidazole rings is 1. The molecule has 1 aliphatic heterocycles. The Bertz CT molecular complexity index is 637. The van der Waals surface area contributed by atoms with Crippen molar-refractivity contribution in [2.45, 2.75) is 26.3 Å². The fraction of sp³-hybridized carbons (Fsp3) is 0.444. The molecule has 1 saturated heterocycles. The number of carbonyl (C=O) groups is 1. The number of aryl methyl sites for hydroxylation is 2. The van der Waals surface area contributed by atoms with Crippen LogP contribution in [0, 0.1) is 12.8 Å². The van der Waals surface area contributed by atoms with Crippen molar-refractivity contribution in [1.82, 2.24) is 14.9 Å². The van der Waals surface area contributed by atoms with Crippen molar-refractivity contribution in [1.29, 1.82) is 0 Å². The molecule has 0 aliphatic carbocycles. The highest BCUT2D eigenvalue weighted by molar-refractivity contribution is 5.75. The van der Waals surface area contributed by atoms with Gasteiger partial charge < -0.3 is 14.8 Å². The second-order valence-corrected chi connectivity index (χ2v) is 6.16. The number of amides is 1. The Labute approximate surface area is 137 Å². The van der Waals surface area contributed by atoms with E-state index in [1.54, 1.807) is 6.20 Å². The fourth-order valence-corrected chi connectivity index (χ4v) is 3.08. The van der Waals surface area contributed by atoms with Gasteiger partial charge >= 0.3 is 0 Å². The highest BCUT2D eigenvalue weighted by Gasteiger charge is 2.22. The van der Waals surface area contributed by atoms with E-state index in [0.29, 0.717) is 18.9 Å². The molecule has 5 heteroatoms. The Morgan fingerprint density at radius 1 is 1.35 bits per heavy atom. The Morgan fingerprint density at radius 3 is 2.91 bits per heavy atom. The lowest BCUT2D eigenvalue weighted by molar-refractivity contribution is -0.121. The van der Waals surface area contributed by atoms with E-state index in [-0.39, 0.29) is 5.91 Å². The van der Waals surface area contributed by atoms with Crippen LogP contribution in [0.5, 0.6) is 0 Å². The maximum atomic E-state index is 12.0. The topological polar surface area (TPSA) is 50.2 Å². The third kappa shape index (κ3) is 4.12. The van der Waals surface area contributed by atoms with Crippen molar-refractivity contribution in [3.8, 4) is 0 Å². The molecule has 1 aliphatic rings. The van der Waals surface area contributed by atoms with Gasteiger partial charge in [0.15, 0.2) is 0 Å². The van der Waals surface area contributed by atoms with Gasteiger partial charge in [0, 0.05) is 50.7 Å². The first-order valence-corrected chi connectivity index (χ1v) is 8.27. The lowest BCUT2D eigenvalue weighted by atomic mass is 10.1. The molecule has 0 bridgehead atoms. The first kappa shape index (κ1) is 15.6. The summed E-state index contributed by atoms with van der Waals surface area (Å²) < 4.78 is 2.01. The SMILES string of the molecule is Cc1nccn1CCC(=O)NC[C@@H]1CCN(c2ccccc2)C1. The van der Waals surface area contributed by atoms with Crippen LogP contribution >= 0.6 is 0 Å². The normalized spacial score (nSPS) is 17.4. The average Bonchev–Trinajstić information content (AvgIpc) is 3.21. The molecular weight excluding hydrogens is 288 g/mol. The number of carbonyl (C=O) groups excluding carboxylic acids is 1. The van der Waals surface area contributed by atoms with Gasteiger partial charge in [-0.2, -0.15) is 0 Å². The van der Waals surface area contributed by atoms with Gasteiger partial charge in [-0.05, 0) is 31.4 Å². The largest absolute Gasteiger partial charge is 0.371 e. The number of hydrogen-bond acceptors (Lipinski definition) is 3. The summed E-state index contributed by atoms with van der Waals surface area (Å²) >= 11 is 0. The summed E-state index contributed by atoms with van der Waals surface area (Å²) in [4.78, 5) is 18.6. The van der Waals surface area contributed by atoms with Crippen molar-refractivity contribution in [2.75, 3.05) is 24.5 Å². The highest BCUT2D eigenvalue weighted by Crippen LogP contribution is 2.22. The van der Waals surface area contributed by atoms with Crippen molar-refractivity contribution < 1.29 is 4.79 Å². The van der Waals surface area contributed by atoms with Gasteiger partial charge in [-0.1, -0.05) is 18.2 Å². The van der Waals surface area contributed by atoms with E-state index < -0.39 is 0 Å². The summed E-state index contributed by atoms with van der Waals surface area (Å²) in [6, 6.07) is 10.5. The predicted molar refractivity (Wildman–Crippen MR) is 91.4 cm³/mol. The van der Waals surface area contributed by atoms with Crippen LogP contribution in [0.2, 0.25) is 0 Å². The Balaban J connectivity index is 1.39. The molecule has 0 unspecified atom stereocenters. The minimum absolute atomic E-state index is 0.122. The number of para-hydroxylation sites is 1. The minimum atomic E-state index is 0.122. The zero-order valence-corrected chi connectivity index (χ0v) is 13.6. The van der Waals surface area contributed by atoms with Crippen molar-refractivity contribution in [3.63, 3.8) is 0 Å². The number of benzene rings is 1. The smallest absolute Gasteiger partial charge is 0.221 e. The van der Waals surface area contributed by atoms with E-state index in [1.165, 1.54) is 5.69 Å². The number of rotatable bonds is 6. The van der Waals surface area contributed by atoms with Crippen LogP contribution < -0.4 is 10.2 Å². The molecule has 122 valence electrons. The summed E-state index contributed by atoms with van der Waals surface area (Å²) in [7, 11) is 0. The summed E-state index contributed by atoms with van der Waals surface area (Å²) in [5, 5.41) is 3.08. The summed E-state index contributed by atoms with van der Waals surface area (Å²) in [6.07, 6.45) is 5.32. The van der Waals surface area contributed by atoms with Crippen LogP contribution in [0.4, 0.5) is 5.69 Å². The second kappa shape index (κ2) is 7.31. The van der Waals surface area contributed by atoms with Crippen LogP contribution in [-0.4, -0.2) is 35.1 Å². The van der Waals surface area contributed by atoms with Gasteiger partial charge in [-0.3, -0.25) is 4.79 Å². The molecule has 3 rings (SSSR count).